The van der Waals surface area contributed by atoms with Crippen LogP contribution in [0.5, 0.6) is 0 Å². The summed E-state index contributed by atoms with van der Waals surface area (Å²) in [5.41, 5.74) is -0.211. The third kappa shape index (κ3) is 4.26. The molecular weight excluding hydrogens is 220 g/mol. The Kier molecular flexibility index (Phi) is 5.19. The van der Waals surface area contributed by atoms with Gasteiger partial charge in [0.2, 0.25) is 5.91 Å². The van der Waals surface area contributed by atoms with Crippen molar-refractivity contribution in [3.05, 3.63) is 22.7 Å². The predicted molar refractivity (Wildman–Crippen MR) is 65.9 cm³/mol. The molecule has 1 rings (SSSR count). The molecule has 0 aliphatic carbocycles. The van der Waals surface area contributed by atoms with Crippen LogP contribution in [-0.2, 0) is 4.79 Å². The summed E-state index contributed by atoms with van der Waals surface area (Å²) in [6.45, 7) is 5.82. The van der Waals surface area contributed by atoms with Crippen LogP contribution < -0.4 is 10.9 Å². The van der Waals surface area contributed by atoms with E-state index in [0.29, 0.717) is 18.8 Å². The molecule has 6 nitrogen and oxygen atoms in total. The van der Waals surface area contributed by atoms with Gasteiger partial charge >= 0.3 is 0 Å². The molecule has 0 unspecified atom stereocenters. The van der Waals surface area contributed by atoms with E-state index in [2.05, 4.69) is 15.3 Å². The molecule has 0 saturated heterocycles. The van der Waals surface area contributed by atoms with Crippen LogP contribution in [0.3, 0.4) is 0 Å². The Morgan fingerprint density at radius 3 is 2.76 bits per heavy atom. The van der Waals surface area contributed by atoms with Crippen molar-refractivity contribution in [3.63, 3.8) is 0 Å². The SMILES string of the molecule is CCN(CC)C(=O)CCNc1cc(=O)[nH]cn1. The lowest BCUT2D eigenvalue weighted by molar-refractivity contribution is -0.130. The van der Waals surface area contributed by atoms with E-state index in [0.717, 1.165) is 13.1 Å². The summed E-state index contributed by atoms with van der Waals surface area (Å²) in [7, 11) is 0. The lowest BCUT2D eigenvalue weighted by atomic mass is 10.3. The quantitative estimate of drug-likeness (QED) is 0.754. The molecule has 0 radical (unpaired) electrons. The summed E-state index contributed by atoms with van der Waals surface area (Å²) in [6.07, 6.45) is 1.73. The molecule has 0 aromatic carbocycles. The van der Waals surface area contributed by atoms with Gasteiger partial charge < -0.3 is 15.2 Å². The number of hydrogen-bond acceptors (Lipinski definition) is 4. The molecular formula is C11H18N4O2. The number of H-pyrrole nitrogens is 1. The van der Waals surface area contributed by atoms with E-state index in [1.807, 2.05) is 13.8 Å². The Morgan fingerprint density at radius 1 is 1.47 bits per heavy atom. The van der Waals surface area contributed by atoms with Crippen LogP contribution in [0.4, 0.5) is 5.82 Å². The van der Waals surface area contributed by atoms with Gasteiger partial charge in [0, 0.05) is 32.1 Å². The van der Waals surface area contributed by atoms with Gasteiger partial charge in [0.25, 0.3) is 5.56 Å². The van der Waals surface area contributed by atoms with Gasteiger partial charge in [0.05, 0.1) is 6.33 Å². The molecule has 6 heteroatoms. The van der Waals surface area contributed by atoms with Crippen molar-refractivity contribution >= 4 is 11.7 Å². The first-order valence-electron chi connectivity index (χ1n) is 5.73. The van der Waals surface area contributed by atoms with Crippen molar-refractivity contribution < 1.29 is 4.79 Å². The molecule has 94 valence electrons. The lowest BCUT2D eigenvalue weighted by Crippen LogP contribution is -2.31. The number of aromatic nitrogens is 2. The van der Waals surface area contributed by atoms with Crippen molar-refractivity contribution in [3.8, 4) is 0 Å². The highest BCUT2D eigenvalue weighted by molar-refractivity contribution is 5.76. The van der Waals surface area contributed by atoms with E-state index in [-0.39, 0.29) is 11.5 Å². The molecule has 0 fully saturated rings. The summed E-state index contributed by atoms with van der Waals surface area (Å²) >= 11 is 0. The second-order valence-corrected chi connectivity index (χ2v) is 3.54. The van der Waals surface area contributed by atoms with Gasteiger partial charge in [-0.15, -0.1) is 0 Å². The maximum absolute atomic E-state index is 11.7. The number of aromatic amines is 1. The third-order valence-corrected chi connectivity index (χ3v) is 2.44. The van der Waals surface area contributed by atoms with E-state index in [1.54, 1.807) is 4.90 Å². The molecule has 0 atom stereocenters. The molecule has 1 amide bonds. The molecule has 1 aromatic rings. The van der Waals surface area contributed by atoms with Crippen LogP contribution in [0.1, 0.15) is 20.3 Å². The Labute approximate surface area is 100 Å². The zero-order chi connectivity index (χ0) is 12.7. The number of rotatable bonds is 6. The number of amides is 1. The fourth-order valence-corrected chi connectivity index (χ4v) is 1.50. The fourth-order valence-electron chi connectivity index (χ4n) is 1.50. The van der Waals surface area contributed by atoms with E-state index >= 15 is 0 Å². The van der Waals surface area contributed by atoms with Crippen molar-refractivity contribution in [1.29, 1.82) is 0 Å². The van der Waals surface area contributed by atoms with Gasteiger partial charge in [-0.25, -0.2) is 4.98 Å². The zero-order valence-electron chi connectivity index (χ0n) is 10.2. The largest absolute Gasteiger partial charge is 0.369 e. The second kappa shape index (κ2) is 6.67. The Bertz CT molecular complexity index is 412. The van der Waals surface area contributed by atoms with Crippen molar-refractivity contribution in [1.82, 2.24) is 14.9 Å². The number of anilines is 1. The summed E-state index contributed by atoms with van der Waals surface area (Å²) < 4.78 is 0. The van der Waals surface area contributed by atoms with E-state index < -0.39 is 0 Å². The highest BCUT2D eigenvalue weighted by atomic mass is 16.2. The number of hydrogen-bond donors (Lipinski definition) is 2. The van der Waals surface area contributed by atoms with Crippen LogP contribution >= 0.6 is 0 Å². The van der Waals surface area contributed by atoms with Crippen LogP contribution in [0.25, 0.3) is 0 Å². The van der Waals surface area contributed by atoms with Crippen LogP contribution in [0.15, 0.2) is 17.2 Å². The summed E-state index contributed by atoms with van der Waals surface area (Å²) in [5.74, 6) is 0.591. The second-order valence-electron chi connectivity index (χ2n) is 3.54. The number of nitrogens with zero attached hydrogens (tertiary/aromatic N) is 2. The number of carbonyl (C=O) groups excluding carboxylic acids is 1. The fraction of sp³-hybridized carbons (Fsp3) is 0.545. The molecule has 1 aromatic heterocycles. The number of carbonyl (C=O) groups is 1. The molecule has 0 aliphatic heterocycles. The Hall–Kier alpha value is -1.85. The first-order chi connectivity index (χ1) is 8.17. The Balaban J connectivity index is 2.37. The topological polar surface area (TPSA) is 78.1 Å². The number of nitrogens with one attached hydrogen (secondary N) is 2. The van der Waals surface area contributed by atoms with Gasteiger partial charge in [-0.2, -0.15) is 0 Å². The summed E-state index contributed by atoms with van der Waals surface area (Å²) in [4.78, 5) is 30.8. The van der Waals surface area contributed by atoms with Crippen LogP contribution in [0, 0.1) is 0 Å². The van der Waals surface area contributed by atoms with Crippen molar-refractivity contribution in [2.45, 2.75) is 20.3 Å². The molecule has 2 N–H and O–H groups in total. The van der Waals surface area contributed by atoms with Crippen molar-refractivity contribution in [2.75, 3.05) is 25.0 Å². The molecule has 0 bridgehead atoms. The minimum Gasteiger partial charge on any atom is -0.369 e. The maximum atomic E-state index is 11.7. The van der Waals surface area contributed by atoms with Crippen molar-refractivity contribution in [2.24, 2.45) is 0 Å². The van der Waals surface area contributed by atoms with Crippen LogP contribution in [-0.4, -0.2) is 40.4 Å². The highest BCUT2D eigenvalue weighted by Gasteiger charge is 2.08. The Morgan fingerprint density at radius 2 is 2.18 bits per heavy atom. The molecule has 1 heterocycles. The monoisotopic (exact) mass is 238 g/mol. The van der Waals surface area contributed by atoms with Gasteiger partial charge in [0.15, 0.2) is 0 Å². The first kappa shape index (κ1) is 13.2. The van der Waals surface area contributed by atoms with Gasteiger partial charge in [-0.05, 0) is 13.8 Å². The van der Waals surface area contributed by atoms with E-state index in [4.69, 9.17) is 0 Å². The average Bonchev–Trinajstić information content (AvgIpc) is 2.30. The smallest absolute Gasteiger partial charge is 0.252 e. The third-order valence-electron chi connectivity index (χ3n) is 2.44. The molecule has 0 spiro atoms. The van der Waals surface area contributed by atoms with Gasteiger partial charge in [-0.3, -0.25) is 9.59 Å². The standard InChI is InChI=1S/C11H18N4O2/c1-3-15(4-2)11(17)5-6-12-9-7-10(16)14-8-13-9/h7-8H,3-6H2,1-2H3,(H2,12,13,14,16). The first-order valence-corrected chi connectivity index (χ1v) is 5.73. The van der Waals surface area contributed by atoms with Gasteiger partial charge in [0.1, 0.15) is 5.82 Å². The maximum Gasteiger partial charge on any atom is 0.252 e. The van der Waals surface area contributed by atoms with Crippen LogP contribution in [0.2, 0.25) is 0 Å². The van der Waals surface area contributed by atoms with E-state index in [9.17, 15) is 9.59 Å². The minimum absolute atomic E-state index is 0.104. The molecule has 17 heavy (non-hydrogen) atoms. The minimum atomic E-state index is -0.211. The normalized spacial score (nSPS) is 10.0. The average molecular weight is 238 g/mol. The molecule has 0 aliphatic rings. The van der Waals surface area contributed by atoms with Gasteiger partial charge in [-0.1, -0.05) is 0 Å². The lowest BCUT2D eigenvalue weighted by Gasteiger charge is -2.18. The molecule has 0 saturated carbocycles. The summed E-state index contributed by atoms with van der Waals surface area (Å²) in [6, 6.07) is 1.36. The summed E-state index contributed by atoms with van der Waals surface area (Å²) in [5, 5.41) is 2.94. The zero-order valence-corrected chi connectivity index (χ0v) is 10.2. The van der Waals surface area contributed by atoms with E-state index in [1.165, 1.54) is 12.4 Å². The highest BCUT2D eigenvalue weighted by Crippen LogP contribution is 1.98. The predicted octanol–water partition coefficient (Wildman–Crippen LogP) is 0.440.